The smallest absolute Gasteiger partial charge is 0.251 e. The highest BCUT2D eigenvalue weighted by atomic mass is 16.2. The number of hydrogen-bond acceptors (Lipinski definition) is 3. The second-order valence-electron chi connectivity index (χ2n) is 4.47. The molecular formula is C10H17N3O. The number of carbonyl (C=O) groups excluding carboxylic acids is 1. The van der Waals surface area contributed by atoms with Crippen molar-refractivity contribution in [2.75, 3.05) is 0 Å². The number of amides is 1. The summed E-state index contributed by atoms with van der Waals surface area (Å²) in [6.45, 7) is 2.27. The number of nitrogens with zero attached hydrogens (tertiary/aromatic N) is 1. The Bertz CT molecular complexity index is 267. The molecule has 1 aliphatic carbocycles. The molecule has 0 spiro atoms. The Balaban J connectivity index is 1.98. The Morgan fingerprint density at radius 2 is 2.00 bits per heavy atom. The molecule has 3 N–H and O–H groups in total. The van der Waals surface area contributed by atoms with Crippen molar-refractivity contribution in [3.63, 3.8) is 0 Å². The van der Waals surface area contributed by atoms with Crippen molar-refractivity contribution < 1.29 is 4.79 Å². The SMILES string of the molecule is CC1CCC(C2N=C(N)NC2=O)CC1. The minimum atomic E-state index is -0.206. The molecule has 0 aromatic carbocycles. The molecule has 1 atom stereocenters. The summed E-state index contributed by atoms with van der Waals surface area (Å²) in [6.07, 6.45) is 4.64. The van der Waals surface area contributed by atoms with Gasteiger partial charge in [0.15, 0.2) is 5.96 Å². The molecule has 0 bridgehead atoms. The monoisotopic (exact) mass is 195 g/mol. The highest BCUT2D eigenvalue weighted by molar-refractivity contribution is 6.04. The molecule has 1 amide bonds. The maximum absolute atomic E-state index is 11.5. The zero-order valence-electron chi connectivity index (χ0n) is 8.49. The Hall–Kier alpha value is -1.06. The first-order valence-corrected chi connectivity index (χ1v) is 5.31. The van der Waals surface area contributed by atoms with Gasteiger partial charge in [-0.1, -0.05) is 19.8 Å². The maximum Gasteiger partial charge on any atom is 0.251 e. The quantitative estimate of drug-likeness (QED) is 0.644. The van der Waals surface area contributed by atoms with E-state index in [0.717, 1.165) is 18.8 Å². The average molecular weight is 195 g/mol. The number of hydrogen-bond donors (Lipinski definition) is 2. The lowest BCUT2D eigenvalue weighted by atomic mass is 9.79. The Kier molecular flexibility index (Phi) is 2.44. The van der Waals surface area contributed by atoms with E-state index < -0.39 is 0 Å². The molecule has 2 rings (SSSR count). The van der Waals surface area contributed by atoms with Gasteiger partial charge in [-0.2, -0.15) is 0 Å². The second-order valence-corrected chi connectivity index (χ2v) is 4.47. The van der Waals surface area contributed by atoms with Crippen molar-refractivity contribution >= 4 is 11.9 Å². The average Bonchev–Trinajstić information content (AvgIpc) is 2.47. The molecular weight excluding hydrogens is 178 g/mol. The van der Waals surface area contributed by atoms with Crippen LogP contribution < -0.4 is 11.1 Å². The Labute approximate surface area is 84.0 Å². The summed E-state index contributed by atoms with van der Waals surface area (Å²) < 4.78 is 0. The van der Waals surface area contributed by atoms with Crippen molar-refractivity contribution in [1.29, 1.82) is 0 Å². The van der Waals surface area contributed by atoms with Crippen molar-refractivity contribution in [2.24, 2.45) is 22.6 Å². The van der Waals surface area contributed by atoms with Gasteiger partial charge >= 0.3 is 0 Å². The van der Waals surface area contributed by atoms with E-state index in [4.69, 9.17) is 5.73 Å². The van der Waals surface area contributed by atoms with Crippen molar-refractivity contribution in [3.05, 3.63) is 0 Å². The van der Waals surface area contributed by atoms with E-state index in [1.165, 1.54) is 12.8 Å². The topological polar surface area (TPSA) is 67.5 Å². The number of nitrogens with one attached hydrogen (secondary N) is 1. The van der Waals surface area contributed by atoms with Crippen LogP contribution in [-0.2, 0) is 4.79 Å². The molecule has 1 saturated carbocycles. The van der Waals surface area contributed by atoms with E-state index in [2.05, 4.69) is 17.2 Å². The van der Waals surface area contributed by atoms with Gasteiger partial charge in [-0.15, -0.1) is 0 Å². The molecule has 1 aliphatic heterocycles. The number of rotatable bonds is 1. The van der Waals surface area contributed by atoms with Gasteiger partial charge in [0.1, 0.15) is 6.04 Å². The fraction of sp³-hybridized carbons (Fsp3) is 0.800. The minimum absolute atomic E-state index is 0.0120. The van der Waals surface area contributed by atoms with Crippen LogP contribution in [0.15, 0.2) is 4.99 Å². The van der Waals surface area contributed by atoms with Crippen LogP contribution in [0.4, 0.5) is 0 Å². The third-order valence-electron chi connectivity index (χ3n) is 3.31. The molecule has 1 unspecified atom stereocenters. The number of aliphatic imine (C=N–C) groups is 1. The summed E-state index contributed by atoms with van der Waals surface area (Å²) in [4.78, 5) is 15.6. The van der Waals surface area contributed by atoms with E-state index in [1.807, 2.05) is 0 Å². The Morgan fingerprint density at radius 3 is 2.50 bits per heavy atom. The molecule has 2 aliphatic rings. The molecule has 1 fully saturated rings. The number of guanidine groups is 1. The molecule has 4 heteroatoms. The van der Waals surface area contributed by atoms with Gasteiger partial charge in [-0.05, 0) is 24.7 Å². The first-order valence-electron chi connectivity index (χ1n) is 5.31. The predicted octanol–water partition coefficient (Wildman–Crippen LogP) is 0.626. The first-order chi connectivity index (χ1) is 6.66. The maximum atomic E-state index is 11.5. The van der Waals surface area contributed by atoms with E-state index in [1.54, 1.807) is 0 Å². The molecule has 78 valence electrons. The van der Waals surface area contributed by atoms with Crippen LogP contribution in [0.25, 0.3) is 0 Å². The highest BCUT2D eigenvalue weighted by Crippen LogP contribution is 2.32. The highest BCUT2D eigenvalue weighted by Gasteiger charge is 2.34. The summed E-state index contributed by atoms with van der Waals surface area (Å²) in [5.41, 5.74) is 5.47. The summed E-state index contributed by atoms with van der Waals surface area (Å²) in [7, 11) is 0. The van der Waals surface area contributed by atoms with Crippen molar-refractivity contribution in [1.82, 2.24) is 5.32 Å². The first kappa shape index (κ1) is 9.49. The van der Waals surface area contributed by atoms with E-state index >= 15 is 0 Å². The second kappa shape index (κ2) is 3.59. The largest absolute Gasteiger partial charge is 0.370 e. The van der Waals surface area contributed by atoms with Crippen molar-refractivity contribution in [3.8, 4) is 0 Å². The summed E-state index contributed by atoms with van der Waals surface area (Å²) in [5, 5.41) is 2.56. The lowest BCUT2D eigenvalue weighted by molar-refractivity contribution is -0.121. The number of carbonyl (C=O) groups is 1. The van der Waals surface area contributed by atoms with Gasteiger partial charge in [0.05, 0.1) is 0 Å². The molecule has 14 heavy (non-hydrogen) atoms. The van der Waals surface area contributed by atoms with E-state index in [0.29, 0.717) is 11.9 Å². The molecule has 0 saturated heterocycles. The molecule has 0 aromatic heterocycles. The zero-order chi connectivity index (χ0) is 10.1. The predicted molar refractivity (Wildman–Crippen MR) is 54.7 cm³/mol. The lowest BCUT2D eigenvalue weighted by Gasteiger charge is -2.27. The van der Waals surface area contributed by atoms with Crippen LogP contribution in [0.2, 0.25) is 0 Å². The molecule has 4 nitrogen and oxygen atoms in total. The zero-order valence-corrected chi connectivity index (χ0v) is 8.49. The van der Waals surface area contributed by atoms with E-state index in [-0.39, 0.29) is 11.9 Å². The van der Waals surface area contributed by atoms with Crippen LogP contribution in [0, 0.1) is 11.8 Å². The lowest BCUT2D eigenvalue weighted by Crippen LogP contribution is -2.36. The minimum Gasteiger partial charge on any atom is -0.370 e. The Morgan fingerprint density at radius 1 is 1.36 bits per heavy atom. The summed E-state index contributed by atoms with van der Waals surface area (Å²) >= 11 is 0. The molecule has 0 radical (unpaired) electrons. The standard InChI is InChI=1S/C10H17N3O/c1-6-2-4-7(5-3-6)8-9(14)13-10(11)12-8/h6-8H,2-5H2,1H3,(H3,11,12,13,14). The fourth-order valence-electron chi connectivity index (χ4n) is 2.36. The van der Waals surface area contributed by atoms with Gasteiger partial charge in [-0.25, -0.2) is 4.99 Å². The van der Waals surface area contributed by atoms with Crippen LogP contribution in [0.3, 0.4) is 0 Å². The molecule has 1 heterocycles. The van der Waals surface area contributed by atoms with Gasteiger partial charge < -0.3 is 5.73 Å². The van der Waals surface area contributed by atoms with Crippen LogP contribution in [0.1, 0.15) is 32.6 Å². The van der Waals surface area contributed by atoms with Gasteiger partial charge in [-0.3, -0.25) is 10.1 Å². The third kappa shape index (κ3) is 1.74. The van der Waals surface area contributed by atoms with Gasteiger partial charge in [0.2, 0.25) is 0 Å². The van der Waals surface area contributed by atoms with Gasteiger partial charge in [0, 0.05) is 0 Å². The van der Waals surface area contributed by atoms with Crippen molar-refractivity contribution in [2.45, 2.75) is 38.6 Å². The normalized spacial score (nSPS) is 37.9. The van der Waals surface area contributed by atoms with Crippen LogP contribution in [-0.4, -0.2) is 17.9 Å². The van der Waals surface area contributed by atoms with Crippen LogP contribution >= 0.6 is 0 Å². The van der Waals surface area contributed by atoms with Gasteiger partial charge in [0.25, 0.3) is 5.91 Å². The third-order valence-corrected chi connectivity index (χ3v) is 3.31. The fourth-order valence-corrected chi connectivity index (χ4v) is 2.36. The molecule has 0 aromatic rings. The summed E-state index contributed by atoms with van der Waals surface area (Å²) in [6, 6.07) is -0.206. The van der Waals surface area contributed by atoms with Crippen LogP contribution in [0.5, 0.6) is 0 Å². The summed E-state index contributed by atoms with van der Waals surface area (Å²) in [5.74, 6) is 1.49. The number of nitrogens with two attached hydrogens (primary N) is 1. The van der Waals surface area contributed by atoms with E-state index in [9.17, 15) is 4.79 Å².